The lowest BCUT2D eigenvalue weighted by molar-refractivity contribution is -0.153. The first-order chi connectivity index (χ1) is 10.1. The second-order valence-electron chi connectivity index (χ2n) is 6.81. The highest BCUT2D eigenvalue weighted by Gasteiger charge is 2.57. The van der Waals surface area contributed by atoms with Crippen LogP contribution in [-0.2, 0) is 22.4 Å². The minimum atomic E-state index is -0.512. The van der Waals surface area contributed by atoms with Crippen molar-refractivity contribution in [2.45, 2.75) is 51.1 Å². The van der Waals surface area contributed by atoms with E-state index in [0.29, 0.717) is 11.8 Å². The number of benzene rings is 1. The van der Waals surface area contributed by atoms with Crippen LogP contribution in [-0.4, -0.2) is 24.7 Å². The van der Waals surface area contributed by atoms with Crippen LogP contribution in [0.3, 0.4) is 0 Å². The first-order valence-corrected chi connectivity index (χ1v) is 8.00. The van der Waals surface area contributed by atoms with E-state index in [-0.39, 0.29) is 12.0 Å². The van der Waals surface area contributed by atoms with E-state index in [1.807, 2.05) is 0 Å². The zero-order valence-electron chi connectivity index (χ0n) is 13.2. The van der Waals surface area contributed by atoms with Crippen molar-refractivity contribution < 1.29 is 9.53 Å². The minimum Gasteiger partial charge on any atom is -0.468 e. The fourth-order valence-corrected chi connectivity index (χ4v) is 4.48. The van der Waals surface area contributed by atoms with Crippen molar-refractivity contribution in [3.63, 3.8) is 0 Å². The van der Waals surface area contributed by atoms with Gasteiger partial charge in [0.25, 0.3) is 0 Å². The highest BCUT2D eigenvalue weighted by molar-refractivity contribution is 5.82. The summed E-state index contributed by atoms with van der Waals surface area (Å²) in [5.74, 6) is 0.596. The molecule has 114 valence electrons. The van der Waals surface area contributed by atoms with E-state index in [4.69, 9.17) is 4.74 Å². The van der Waals surface area contributed by atoms with E-state index in [0.717, 1.165) is 25.7 Å². The Bertz CT molecular complexity index is 505. The minimum absolute atomic E-state index is 0.0727. The van der Waals surface area contributed by atoms with Crippen molar-refractivity contribution in [3.8, 4) is 0 Å². The molecule has 2 atom stereocenters. The third-order valence-corrected chi connectivity index (χ3v) is 5.25. The second kappa shape index (κ2) is 5.45. The van der Waals surface area contributed by atoms with Gasteiger partial charge in [0.15, 0.2) is 0 Å². The van der Waals surface area contributed by atoms with Crippen molar-refractivity contribution in [3.05, 3.63) is 35.4 Å². The van der Waals surface area contributed by atoms with Gasteiger partial charge in [-0.3, -0.25) is 10.1 Å². The van der Waals surface area contributed by atoms with Crippen LogP contribution in [0.25, 0.3) is 0 Å². The van der Waals surface area contributed by atoms with Gasteiger partial charge in [-0.2, -0.15) is 0 Å². The number of carbonyl (C=O) groups excluding carboxylic acids is 1. The Morgan fingerprint density at radius 2 is 1.71 bits per heavy atom. The van der Waals surface area contributed by atoms with Gasteiger partial charge in [-0.1, -0.05) is 24.3 Å². The lowest BCUT2D eigenvalue weighted by Gasteiger charge is -2.39. The Morgan fingerprint density at radius 3 is 2.14 bits per heavy atom. The number of rotatable bonds is 3. The summed E-state index contributed by atoms with van der Waals surface area (Å²) >= 11 is 0. The van der Waals surface area contributed by atoms with Crippen LogP contribution < -0.4 is 5.32 Å². The quantitative estimate of drug-likeness (QED) is 0.869. The summed E-state index contributed by atoms with van der Waals surface area (Å²) in [5, 5.41) is 3.61. The zero-order valence-corrected chi connectivity index (χ0v) is 13.2. The first-order valence-electron chi connectivity index (χ1n) is 8.00. The fourth-order valence-electron chi connectivity index (χ4n) is 4.48. The van der Waals surface area contributed by atoms with Gasteiger partial charge in [-0.05, 0) is 62.5 Å². The SMILES string of the molecule is COC(=O)C1(NC(C)C)C2CCC1Cc1ccccc1C2. The summed E-state index contributed by atoms with van der Waals surface area (Å²) in [7, 11) is 1.52. The van der Waals surface area contributed by atoms with E-state index in [2.05, 4.69) is 43.4 Å². The van der Waals surface area contributed by atoms with Crippen LogP contribution in [0, 0.1) is 11.8 Å². The normalized spacial score (nSPS) is 30.9. The molecule has 21 heavy (non-hydrogen) atoms. The molecular weight excluding hydrogens is 262 g/mol. The molecule has 0 aliphatic heterocycles. The van der Waals surface area contributed by atoms with Crippen LogP contribution >= 0.6 is 0 Å². The van der Waals surface area contributed by atoms with E-state index in [1.165, 1.54) is 18.2 Å². The van der Waals surface area contributed by atoms with Crippen molar-refractivity contribution in [1.29, 1.82) is 0 Å². The molecule has 0 heterocycles. The Hall–Kier alpha value is -1.35. The van der Waals surface area contributed by atoms with Crippen molar-refractivity contribution in [1.82, 2.24) is 5.32 Å². The molecule has 3 heteroatoms. The van der Waals surface area contributed by atoms with Crippen molar-refractivity contribution >= 4 is 5.97 Å². The lowest BCUT2D eigenvalue weighted by atomic mass is 9.78. The number of carbonyl (C=O) groups is 1. The highest BCUT2D eigenvalue weighted by Crippen LogP contribution is 2.48. The Morgan fingerprint density at radius 1 is 1.19 bits per heavy atom. The molecule has 1 aromatic carbocycles. The summed E-state index contributed by atoms with van der Waals surface area (Å²) in [6.45, 7) is 4.23. The maximum absolute atomic E-state index is 12.7. The average Bonchev–Trinajstić information content (AvgIpc) is 2.69. The predicted octanol–water partition coefficient (Wildman–Crippen LogP) is 2.72. The van der Waals surface area contributed by atoms with E-state index in [9.17, 15) is 4.79 Å². The summed E-state index contributed by atoms with van der Waals surface area (Å²) in [5.41, 5.74) is 2.30. The van der Waals surface area contributed by atoms with Gasteiger partial charge in [-0.15, -0.1) is 0 Å². The Labute approximate surface area is 127 Å². The average molecular weight is 287 g/mol. The van der Waals surface area contributed by atoms with Crippen molar-refractivity contribution in [2.75, 3.05) is 7.11 Å². The maximum Gasteiger partial charge on any atom is 0.326 e. The van der Waals surface area contributed by atoms with E-state index >= 15 is 0 Å². The monoisotopic (exact) mass is 287 g/mol. The third kappa shape index (κ3) is 2.28. The molecule has 2 aliphatic rings. The molecule has 0 radical (unpaired) electrons. The molecule has 1 N–H and O–H groups in total. The van der Waals surface area contributed by atoms with Gasteiger partial charge >= 0.3 is 5.97 Å². The largest absolute Gasteiger partial charge is 0.468 e. The van der Waals surface area contributed by atoms with Gasteiger partial charge in [0, 0.05) is 6.04 Å². The van der Waals surface area contributed by atoms with Crippen LogP contribution in [0.2, 0.25) is 0 Å². The van der Waals surface area contributed by atoms with Crippen LogP contribution in [0.15, 0.2) is 24.3 Å². The number of esters is 1. The first kappa shape index (κ1) is 14.6. The van der Waals surface area contributed by atoms with Gasteiger partial charge in [0.2, 0.25) is 0 Å². The molecule has 0 saturated heterocycles. The molecule has 2 unspecified atom stereocenters. The van der Waals surface area contributed by atoms with Crippen molar-refractivity contribution in [2.24, 2.45) is 11.8 Å². The second-order valence-corrected chi connectivity index (χ2v) is 6.81. The summed E-state index contributed by atoms with van der Waals surface area (Å²) in [6.07, 6.45) is 4.16. The molecule has 1 fully saturated rings. The fraction of sp³-hybridized carbons (Fsp3) is 0.611. The lowest BCUT2D eigenvalue weighted by Crippen LogP contribution is -2.61. The molecule has 3 nitrogen and oxygen atoms in total. The molecule has 2 bridgehead atoms. The number of ether oxygens (including phenoxy) is 1. The van der Waals surface area contributed by atoms with Crippen LogP contribution in [0.5, 0.6) is 0 Å². The molecule has 1 aromatic rings. The number of hydrogen-bond donors (Lipinski definition) is 1. The summed E-state index contributed by atoms with van der Waals surface area (Å²) in [6, 6.07) is 8.91. The third-order valence-electron chi connectivity index (χ3n) is 5.25. The predicted molar refractivity (Wildman–Crippen MR) is 83.1 cm³/mol. The molecule has 3 rings (SSSR count). The van der Waals surface area contributed by atoms with Gasteiger partial charge in [0.05, 0.1) is 7.11 Å². The number of fused-ring (bicyclic) bond motifs is 3. The zero-order chi connectivity index (χ0) is 15.0. The maximum atomic E-state index is 12.7. The molecule has 2 aliphatic carbocycles. The topological polar surface area (TPSA) is 38.3 Å². The summed E-state index contributed by atoms with van der Waals surface area (Å²) < 4.78 is 5.23. The molecule has 0 aromatic heterocycles. The molecule has 1 saturated carbocycles. The van der Waals surface area contributed by atoms with E-state index < -0.39 is 5.54 Å². The van der Waals surface area contributed by atoms with Gasteiger partial charge in [0.1, 0.15) is 5.54 Å². The summed E-state index contributed by atoms with van der Waals surface area (Å²) in [4.78, 5) is 12.7. The molecular formula is C18H25NO2. The van der Waals surface area contributed by atoms with E-state index in [1.54, 1.807) is 0 Å². The molecule has 0 spiro atoms. The smallest absolute Gasteiger partial charge is 0.326 e. The number of methoxy groups -OCH3 is 1. The Kier molecular flexibility index (Phi) is 3.78. The molecule has 0 amide bonds. The standard InChI is InChI=1S/C18H25NO2/c1-12(2)19-18(17(20)21-3)15-8-9-16(18)11-14-7-5-4-6-13(14)10-15/h4-7,12,15-16,19H,8-11H2,1-3H3. The van der Waals surface area contributed by atoms with Crippen LogP contribution in [0.1, 0.15) is 37.8 Å². The highest BCUT2D eigenvalue weighted by atomic mass is 16.5. The van der Waals surface area contributed by atoms with Gasteiger partial charge < -0.3 is 4.74 Å². The van der Waals surface area contributed by atoms with Gasteiger partial charge in [-0.25, -0.2) is 0 Å². The Balaban J connectivity index is 2.04. The number of hydrogen-bond acceptors (Lipinski definition) is 3. The number of nitrogens with one attached hydrogen (secondary N) is 1. The van der Waals surface area contributed by atoms with Crippen LogP contribution in [0.4, 0.5) is 0 Å².